The smallest absolute Gasteiger partial charge is 0.224 e. The second-order valence-electron chi connectivity index (χ2n) is 10.7. The van der Waals surface area contributed by atoms with Crippen molar-refractivity contribution in [1.29, 1.82) is 5.26 Å². The number of carbonyl (C=O) groups is 1. The number of amides is 1. The van der Waals surface area contributed by atoms with Gasteiger partial charge in [0, 0.05) is 60.1 Å². The Bertz CT molecular complexity index is 1860. The Balaban J connectivity index is 1.38. The number of fused-ring (bicyclic) bond motifs is 2. The lowest BCUT2D eigenvalue weighted by Gasteiger charge is -2.17. The van der Waals surface area contributed by atoms with E-state index >= 15 is 0 Å². The zero-order valence-electron chi connectivity index (χ0n) is 25.1. The minimum absolute atomic E-state index is 0.118. The fourth-order valence-electron chi connectivity index (χ4n) is 4.86. The highest BCUT2D eigenvalue weighted by Crippen LogP contribution is 2.37. The largest absolute Gasteiger partial charge is 0.492 e. The van der Waals surface area contributed by atoms with Crippen LogP contribution in [0.5, 0.6) is 11.5 Å². The average Bonchev–Trinajstić information content (AvgIpc) is 3.37. The number of nitrogens with one attached hydrogen (secondary N) is 2. The quantitative estimate of drug-likeness (QED) is 0.161. The number of benzene rings is 2. The summed E-state index contributed by atoms with van der Waals surface area (Å²) in [5.41, 5.74) is 4.49. The molecule has 11 heteroatoms. The van der Waals surface area contributed by atoms with Crippen molar-refractivity contribution in [3.8, 4) is 17.6 Å². The monoisotopic (exact) mass is 611 g/mol. The van der Waals surface area contributed by atoms with Crippen molar-refractivity contribution in [2.75, 3.05) is 37.9 Å². The molecule has 3 heterocycles. The minimum Gasteiger partial charge on any atom is -0.492 e. The van der Waals surface area contributed by atoms with E-state index < -0.39 is 0 Å². The summed E-state index contributed by atoms with van der Waals surface area (Å²) in [6.45, 7) is 3.41. The van der Waals surface area contributed by atoms with Gasteiger partial charge in [-0.15, -0.1) is 0 Å². The molecule has 3 aromatic heterocycles. The molecule has 5 aromatic rings. The Kier molecular flexibility index (Phi) is 9.48. The predicted molar refractivity (Wildman–Crippen MR) is 174 cm³/mol. The topological polar surface area (TPSA) is 117 Å². The second-order valence-corrected chi connectivity index (χ2v) is 11.1. The molecule has 2 aromatic carbocycles. The average molecular weight is 612 g/mol. The van der Waals surface area contributed by atoms with Gasteiger partial charge in [-0.25, -0.2) is 4.98 Å². The van der Waals surface area contributed by atoms with Crippen molar-refractivity contribution in [1.82, 2.24) is 19.4 Å². The van der Waals surface area contributed by atoms with Crippen LogP contribution in [0.2, 0.25) is 5.02 Å². The van der Waals surface area contributed by atoms with Crippen LogP contribution in [0.3, 0.4) is 0 Å². The number of carbonyl (C=O) groups excluding carboxylic acids is 1. The van der Waals surface area contributed by atoms with Gasteiger partial charge < -0.3 is 29.6 Å². The maximum absolute atomic E-state index is 12.8. The number of ether oxygens (including phenoxy) is 2. The molecule has 0 radical (unpaired) electrons. The zero-order chi connectivity index (χ0) is 31.2. The highest BCUT2D eigenvalue weighted by molar-refractivity contribution is 6.32. The van der Waals surface area contributed by atoms with Crippen molar-refractivity contribution in [3.05, 3.63) is 77.2 Å². The third-order valence-corrected chi connectivity index (χ3v) is 7.33. The Hall–Kier alpha value is -4.85. The fraction of sp³-hybridized carbons (Fsp3) is 0.273. The maximum Gasteiger partial charge on any atom is 0.224 e. The molecule has 2 N–H and O–H groups in total. The Morgan fingerprint density at radius 3 is 2.68 bits per heavy atom. The van der Waals surface area contributed by atoms with Gasteiger partial charge in [-0.05, 0) is 70.4 Å². The van der Waals surface area contributed by atoms with E-state index in [0.29, 0.717) is 69.7 Å². The summed E-state index contributed by atoms with van der Waals surface area (Å²) in [7, 11) is 5.90. The normalized spacial score (nSPS) is 11.1. The van der Waals surface area contributed by atoms with Gasteiger partial charge in [-0.2, -0.15) is 5.26 Å². The maximum atomic E-state index is 12.8. The molecule has 0 bridgehead atoms. The van der Waals surface area contributed by atoms with E-state index in [9.17, 15) is 10.1 Å². The molecule has 44 heavy (non-hydrogen) atoms. The number of aryl methyl sites for hydroxylation is 1. The molecule has 0 atom stereocenters. The van der Waals surface area contributed by atoms with Gasteiger partial charge in [-0.3, -0.25) is 9.78 Å². The van der Waals surface area contributed by atoms with Crippen LogP contribution in [0.1, 0.15) is 30.9 Å². The van der Waals surface area contributed by atoms with E-state index in [4.69, 9.17) is 21.1 Å². The summed E-state index contributed by atoms with van der Waals surface area (Å²) in [6, 6.07) is 15.2. The van der Waals surface area contributed by atoms with Crippen LogP contribution in [-0.4, -0.2) is 52.6 Å². The summed E-state index contributed by atoms with van der Waals surface area (Å²) < 4.78 is 13.8. The number of nitrogens with zero attached hydrogens (tertiary/aromatic N) is 5. The molecule has 10 nitrogen and oxygen atoms in total. The fourth-order valence-corrected chi connectivity index (χ4v) is 5.10. The van der Waals surface area contributed by atoms with E-state index in [1.807, 2.05) is 61.9 Å². The highest BCUT2D eigenvalue weighted by Gasteiger charge is 2.16. The van der Waals surface area contributed by atoms with Crippen molar-refractivity contribution in [3.63, 3.8) is 0 Å². The third-order valence-electron chi connectivity index (χ3n) is 7.03. The number of hydrogen-bond donors (Lipinski definition) is 2. The molecular formula is C33H34ClN7O3. The van der Waals surface area contributed by atoms with Crippen LogP contribution in [0.25, 0.3) is 21.9 Å². The van der Waals surface area contributed by atoms with E-state index in [1.165, 1.54) is 6.20 Å². The number of nitriles is 1. The number of rotatable bonds is 12. The standard InChI is InChI=1S/C33H34ClN7O3/c1-5-43-30-16-27-25(15-28(30)39-31(42)7-6-11-40(2)3)32(23(17-35)19-36-27)38-24-8-9-29(26(34)14-24)44-20-21-13-22-10-12-41(4)33(22)37-18-21/h8-10,12-16,18-19H,5-7,11,20H2,1-4H3,(H,36,38)(H,39,42). The lowest BCUT2D eigenvalue weighted by Crippen LogP contribution is -2.17. The summed E-state index contributed by atoms with van der Waals surface area (Å²) in [5, 5.41) is 18.3. The first-order chi connectivity index (χ1) is 21.2. The molecule has 0 fully saturated rings. The summed E-state index contributed by atoms with van der Waals surface area (Å²) in [5.74, 6) is 0.911. The first-order valence-corrected chi connectivity index (χ1v) is 14.7. The predicted octanol–water partition coefficient (Wildman–Crippen LogP) is 6.65. The molecule has 1 amide bonds. The van der Waals surface area contributed by atoms with E-state index in [2.05, 4.69) is 26.7 Å². The van der Waals surface area contributed by atoms with Crippen molar-refractivity contribution < 1.29 is 14.3 Å². The summed E-state index contributed by atoms with van der Waals surface area (Å²) in [6.07, 6.45) is 6.37. The van der Waals surface area contributed by atoms with Crippen molar-refractivity contribution in [2.45, 2.75) is 26.4 Å². The molecule has 0 saturated heterocycles. The summed E-state index contributed by atoms with van der Waals surface area (Å²) >= 11 is 6.62. The highest BCUT2D eigenvalue weighted by atomic mass is 35.5. The van der Waals surface area contributed by atoms with Gasteiger partial charge in [0.1, 0.15) is 29.8 Å². The van der Waals surface area contributed by atoms with Gasteiger partial charge in [0.2, 0.25) is 5.91 Å². The molecule has 226 valence electrons. The Morgan fingerprint density at radius 1 is 1.09 bits per heavy atom. The third kappa shape index (κ3) is 7.02. The second kappa shape index (κ2) is 13.6. The van der Waals surface area contributed by atoms with Crippen LogP contribution < -0.4 is 20.1 Å². The Morgan fingerprint density at radius 2 is 1.93 bits per heavy atom. The first-order valence-electron chi connectivity index (χ1n) is 14.3. The van der Waals surface area contributed by atoms with Crippen molar-refractivity contribution >= 4 is 56.5 Å². The molecule has 0 aliphatic carbocycles. The summed E-state index contributed by atoms with van der Waals surface area (Å²) in [4.78, 5) is 23.8. The van der Waals surface area contributed by atoms with Gasteiger partial charge in [0.15, 0.2) is 0 Å². The lowest BCUT2D eigenvalue weighted by molar-refractivity contribution is -0.116. The van der Waals surface area contributed by atoms with Crippen molar-refractivity contribution in [2.24, 2.45) is 7.05 Å². The van der Waals surface area contributed by atoms with Crippen LogP contribution in [0.15, 0.2) is 61.1 Å². The van der Waals surface area contributed by atoms with Crippen LogP contribution in [-0.2, 0) is 18.4 Å². The molecule has 0 unspecified atom stereocenters. The van der Waals surface area contributed by atoms with Crippen LogP contribution in [0, 0.1) is 11.3 Å². The van der Waals surface area contributed by atoms with E-state index in [1.54, 1.807) is 30.5 Å². The molecular weight excluding hydrogens is 578 g/mol. The zero-order valence-corrected chi connectivity index (χ0v) is 25.9. The number of hydrogen-bond acceptors (Lipinski definition) is 8. The van der Waals surface area contributed by atoms with Gasteiger partial charge in [-0.1, -0.05) is 11.6 Å². The number of halogens is 1. The van der Waals surface area contributed by atoms with Gasteiger partial charge in [0.05, 0.1) is 34.1 Å². The number of pyridine rings is 2. The van der Waals surface area contributed by atoms with Crippen LogP contribution >= 0.6 is 11.6 Å². The lowest BCUT2D eigenvalue weighted by atomic mass is 10.1. The number of aromatic nitrogens is 3. The molecule has 5 rings (SSSR count). The van der Waals surface area contributed by atoms with Crippen LogP contribution in [0.4, 0.5) is 17.1 Å². The minimum atomic E-state index is -0.118. The Labute approximate surface area is 261 Å². The molecule has 0 saturated carbocycles. The van der Waals surface area contributed by atoms with E-state index in [-0.39, 0.29) is 5.91 Å². The molecule has 0 spiro atoms. The number of anilines is 3. The van der Waals surface area contributed by atoms with E-state index in [0.717, 1.165) is 29.6 Å². The molecule has 0 aliphatic rings. The van der Waals surface area contributed by atoms with Gasteiger partial charge >= 0.3 is 0 Å². The van der Waals surface area contributed by atoms with Gasteiger partial charge in [0.25, 0.3) is 0 Å². The first kappa shape index (κ1) is 30.6. The SMILES string of the molecule is CCOc1cc2ncc(C#N)c(Nc3ccc(OCc4cnc5c(ccn5C)c4)c(Cl)c3)c2cc1NC(=O)CCCN(C)C. The molecule has 0 aliphatic heterocycles.